The summed E-state index contributed by atoms with van der Waals surface area (Å²) in [7, 11) is 2.25. The van der Waals surface area contributed by atoms with Gasteiger partial charge in [-0.25, -0.2) is 14.8 Å². The van der Waals surface area contributed by atoms with Gasteiger partial charge in [0.2, 0.25) is 5.71 Å². The molecule has 1 N–H and O–H groups in total. The van der Waals surface area contributed by atoms with Crippen molar-refractivity contribution in [1.82, 2.24) is 0 Å². The normalized spacial score (nSPS) is 16.5. The Hall–Kier alpha value is -2.71. The second-order valence-electron chi connectivity index (χ2n) is 6.51. The summed E-state index contributed by atoms with van der Waals surface area (Å²) in [4.78, 5) is 28.6. The topological polar surface area (TPSA) is 108 Å². The summed E-state index contributed by atoms with van der Waals surface area (Å²) < 4.78 is 9.76. The van der Waals surface area contributed by atoms with Crippen molar-refractivity contribution in [3.63, 3.8) is 0 Å². The molecule has 1 aliphatic carbocycles. The molecule has 0 aromatic heterocycles. The van der Waals surface area contributed by atoms with Crippen molar-refractivity contribution < 1.29 is 33.9 Å². The highest BCUT2D eigenvalue weighted by Gasteiger charge is 2.34. The molecule has 0 aliphatic heterocycles. The first-order chi connectivity index (χ1) is 13.5. The van der Waals surface area contributed by atoms with Crippen LogP contribution >= 0.6 is 0 Å². The molecule has 0 amide bonds. The van der Waals surface area contributed by atoms with Gasteiger partial charge in [0.05, 0.1) is 20.1 Å². The monoisotopic (exact) mass is 391 g/mol. The molecule has 1 aromatic carbocycles. The fourth-order valence-corrected chi connectivity index (χ4v) is 3.32. The van der Waals surface area contributed by atoms with Crippen LogP contribution in [0.15, 0.2) is 42.0 Å². The van der Waals surface area contributed by atoms with Crippen LogP contribution in [0.2, 0.25) is 0 Å². The average molecular weight is 391 g/mol. The molecule has 1 fully saturated rings. The number of carbonyl (C=O) groups excluding carboxylic acids is 2. The minimum Gasteiger partial charge on any atom is -0.621 e. The first-order valence-corrected chi connectivity index (χ1v) is 9.10. The van der Waals surface area contributed by atoms with Crippen LogP contribution in [0, 0.1) is 11.1 Å². The van der Waals surface area contributed by atoms with Gasteiger partial charge in [0, 0.05) is 11.6 Å². The number of rotatable bonds is 7. The Kier molecular flexibility index (Phi) is 8.16. The van der Waals surface area contributed by atoms with E-state index in [9.17, 15) is 20.1 Å². The highest BCUT2D eigenvalue weighted by atomic mass is 17.1. The van der Waals surface area contributed by atoms with Crippen LogP contribution in [0.5, 0.6) is 0 Å². The summed E-state index contributed by atoms with van der Waals surface area (Å²) in [5, 5.41) is 22.6. The van der Waals surface area contributed by atoms with E-state index in [1.807, 2.05) is 0 Å². The van der Waals surface area contributed by atoms with Gasteiger partial charge >= 0.3 is 11.9 Å². The lowest BCUT2D eigenvalue weighted by atomic mass is 9.88. The summed E-state index contributed by atoms with van der Waals surface area (Å²) in [6.07, 6.45) is 4.34. The SMILES string of the molecule is COC(=O)C(=C/C(c1ccccc1)=[N+](\[O-])C(OO)C1CCCCC1)C(=O)OC. The van der Waals surface area contributed by atoms with E-state index < -0.39 is 23.7 Å². The molecule has 1 unspecified atom stereocenters. The minimum absolute atomic E-state index is 0.0176. The van der Waals surface area contributed by atoms with Gasteiger partial charge in [-0.05, 0) is 25.0 Å². The molecule has 8 heteroatoms. The predicted molar refractivity (Wildman–Crippen MR) is 100 cm³/mol. The lowest BCUT2D eigenvalue weighted by Gasteiger charge is -2.27. The van der Waals surface area contributed by atoms with Crippen molar-refractivity contribution >= 4 is 17.7 Å². The molecule has 1 atom stereocenters. The summed E-state index contributed by atoms with van der Waals surface area (Å²) in [5.41, 5.74) is -0.0123. The second-order valence-corrected chi connectivity index (χ2v) is 6.51. The third-order valence-corrected chi connectivity index (χ3v) is 4.79. The highest BCUT2D eigenvalue weighted by molar-refractivity contribution is 6.20. The molecule has 8 nitrogen and oxygen atoms in total. The van der Waals surface area contributed by atoms with E-state index in [4.69, 9.17) is 0 Å². The Morgan fingerprint density at radius 2 is 1.68 bits per heavy atom. The van der Waals surface area contributed by atoms with Crippen LogP contribution in [-0.4, -0.2) is 48.1 Å². The fourth-order valence-electron chi connectivity index (χ4n) is 3.32. The summed E-state index contributed by atoms with van der Waals surface area (Å²) in [6.45, 7) is 0. The highest BCUT2D eigenvalue weighted by Crippen LogP contribution is 2.28. The van der Waals surface area contributed by atoms with E-state index >= 15 is 0 Å². The molecule has 2 rings (SSSR count). The molecule has 1 saturated carbocycles. The van der Waals surface area contributed by atoms with Crippen LogP contribution in [0.3, 0.4) is 0 Å². The van der Waals surface area contributed by atoms with Crippen LogP contribution in [0.1, 0.15) is 37.7 Å². The third kappa shape index (κ3) is 5.17. The zero-order valence-corrected chi connectivity index (χ0v) is 16.0. The van der Waals surface area contributed by atoms with Crippen molar-refractivity contribution in [3.8, 4) is 0 Å². The van der Waals surface area contributed by atoms with E-state index in [1.54, 1.807) is 30.3 Å². The zero-order valence-electron chi connectivity index (χ0n) is 16.0. The molecule has 0 saturated heterocycles. The van der Waals surface area contributed by atoms with Gasteiger partial charge in [0.25, 0.3) is 6.23 Å². The van der Waals surface area contributed by atoms with Crippen LogP contribution < -0.4 is 0 Å². The number of allylic oxidation sites excluding steroid dienone is 1. The molecule has 0 radical (unpaired) electrons. The van der Waals surface area contributed by atoms with Crippen molar-refractivity contribution in [2.45, 2.75) is 38.3 Å². The van der Waals surface area contributed by atoms with Gasteiger partial charge in [-0.15, -0.1) is 0 Å². The Bertz CT molecular complexity index is 718. The van der Waals surface area contributed by atoms with Gasteiger partial charge in [0.1, 0.15) is 0 Å². The number of nitrogens with zero attached hydrogens (tertiary/aromatic N) is 1. The lowest BCUT2D eigenvalue weighted by Crippen LogP contribution is -2.37. The molecule has 1 aromatic rings. The first-order valence-electron chi connectivity index (χ1n) is 9.10. The first kappa shape index (κ1) is 21.6. The van der Waals surface area contributed by atoms with Crippen LogP contribution in [0.4, 0.5) is 0 Å². The number of hydrogen-bond donors (Lipinski definition) is 1. The number of ether oxygens (including phenoxy) is 2. The van der Waals surface area contributed by atoms with Crippen molar-refractivity contribution in [2.75, 3.05) is 14.2 Å². The minimum atomic E-state index is -1.16. The molecule has 0 heterocycles. The Morgan fingerprint density at radius 1 is 1.11 bits per heavy atom. The van der Waals surface area contributed by atoms with E-state index in [0.29, 0.717) is 10.3 Å². The quantitative estimate of drug-likeness (QED) is 0.0727. The number of carbonyl (C=O) groups is 2. The average Bonchev–Trinajstić information content (AvgIpc) is 2.75. The zero-order chi connectivity index (χ0) is 20.5. The number of methoxy groups -OCH3 is 2. The maximum Gasteiger partial charge on any atom is 0.345 e. The Balaban J connectivity index is 2.60. The number of benzene rings is 1. The van der Waals surface area contributed by atoms with Gasteiger partial charge in [0.15, 0.2) is 5.57 Å². The molecule has 28 heavy (non-hydrogen) atoms. The molecule has 152 valence electrons. The van der Waals surface area contributed by atoms with Crippen LogP contribution in [-0.2, 0) is 24.0 Å². The fraction of sp³-hybridized carbons (Fsp3) is 0.450. The molecule has 0 spiro atoms. The standard InChI is InChI=1S/C20H25NO7/c1-26-19(22)16(20(23)27-2)13-17(14-9-5-3-6-10-14)21(24)18(28-25)15-11-7-4-8-12-15/h3,5-6,9-10,13,15,18,25H,4,7-8,11-12H2,1-2H3/b21-17+. The Morgan fingerprint density at radius 3 is 2.18 bits per heavy atom. The van der Waals surface area contributed by atoms with Crippen LogP contribution in [0.25, 0.3) is 0 Å². The maximum absolute atomic E-state index is 13.2. The number of hydroxylamine groups is 1. The van der Waals surface area contributed by atoms with Gasteiger partial charge in [-0.2, -0.15) is 9.63 Å². The maximum atomic E-state index is 13.2. The number of hydrogen-bond acceptors (Lipinski definition) is 7. The second kappa shape index (κ2) is 10.6. The third-order valence-electron chi connectivity index (χ3n) is 4.79. The van der Waals surface area contributed by atoms with E-state index in [1.165, 1.54) is 0 Å². The summed E-state index contributed by atoms with van der Waals surface area (Å²) in [5.74, 6) is -2.05. The predicted octanol–water partition coefficient (Wildman–Crippen LogP) is 2.65. The summed E-state index contributed by atoms with van der Waals surface area (Å²) >= 11 is 0. The van der Waals surface area contributed by atoms with Crippen molar-refractivity contribution in [3.05, 3.63) is 52.8 Å². The van der Waals surface area contributed by atoms with E-state index in [-0.39, 0.29) is 11.6 Å². The van der Waals surface area contributed by atoms with E-state index in [0.717, 1.165) is 52.4 Å². The Labute approximate surface area is 163 Å². The van der Waals surface area contributed by atoms with Gasteiger partial charge < -0.3 is 14.7 Å². The number of esters is 2. The van der Waals surface area contributed by atoms with Gasteiger partial charge in [-0.3, -0.25) is 0 Å². The van der Waals surface area contributed by atoms with E-state index in [2.05, 4.69) is 14.4 Å². The molecule has 0 bridgehead atoms. The van der Waals surface area contributed by atoms with Crippen molar-refractivity contribution in [1.29, 1.82) is 0 Å². The lowest BCUT2D eigenvalue weighted by molar-refractivity contribution is -0.611. The largest absolute Gasteiger partial charge is 0.621 e. The summed E-state index contributed by atoms with van der Waals surface area (Å²) in [6, 6.07) is 8.49. The molecular formula is C20H25NO7. The van der Waals surface area contributed by atoms with Crippen molar-refractivity contribution in [2.24, 2.45) is 5.92 Å². The smallest absolute Gasteiger partial charge is 0.345 e. The molecule has 1 aliphatic rings. The molecular weight excluding hydrogens is 366 g/mol. The van der Waals surface area contributed by atoms with Gasteiger partial charge in [-0.1, -0.05) is 37.5 Å².